The summed E-state index contributed by atoms with van der Waals surface area (Å²) in [4.78, 5) is 1.88. The van der Waals surface area contributed by atoms with Gasteiger partial charge in [-0.1, -0.05) is 35.9 Å². The Kier molecular flexibility index (Phi) is 4.63. The van der Waals surface area contributed by atoms with Crippen molar-refractivity contribution in [2.45, 2.75) is 19.6 Å². The van der Waals surface area contributed by atoms with Gasteiger partial charge < -0.3 is 10.0 Å². The molecule has 1 atom stereocenters. The second-order valence-electron chi connectivity index (χ2n) is 4.80. The van der Waals surface area contributed by atoms with Gasteiger partial charge in [0.25, 0.3) is 0 Å². The van der Waals surface area contributed by atoms with Crippen LogP contribution in [0.25, 0.3) is 0 Å². The van der Waals surface area contributed by atoms with E-state index in [9.17, 15) is 9.50 Å². The Morgan fingerprint density at radius 1 is 1.20 bits per heavy atom. The maximum atomic E-state index is 13.9. The molecular weight excluding hydrogens is 277 g/mol. The fourth-order valence-corrected chi connectivity index (χ4v) is 2.43. The quantitative estimate of drug-likeness (QED) is 0.914. The van der Waals surface area contributed by atoms with Crippen molar-refractivity contribution in [3.05, 3.63) is 64.4 Å². The van der Waals surface area contributed by atoms with Gasteiger partial charge >= 0.3 is 0 Å². The van der Waals surface area contributed by atoms with Crippen molar-refractivity contribution in [3.63, 3.8) is 0 Å². The van der Waals surface area contributed by atoms with Crippen LogP contribution >= 0.6 is 11.6 Å². The zero-order valence-corrected chi connectivity index (χ0v) is 12.2. The van der Waals surface area contributed by atoms with E-state index in [1.807, 2.05) is 36.2 Å². The predicted octanol–water partition coefficient (Wildman–Crippen LogP) is 4.17. The molecule has 4 heteroatoms. The van der Waals surface area contributed by atoms with Crippen LogP contribution in [0.3, 0.4) is 0 Å². The van der Waals surface area contributed by atoms with Gasteiger partial charge in [0.05, 0.1) is 6.10 Å². The Morgan fingerprint density at radius 2 is 1.90 bits per heavy atom. The van der Waals surface area contributed by atoms with Crippen LogP contribution in [0.1, 0.15) is 24.2 Å². The van der Waals surface area contributed by atoms with E-state index in [4.69, 9.17) is 11.6 Å². The minimum absolute atomic E-state index is 0.307. The predicted molar refractivity (Wildman–Crippen MR) is 80.6 cm³/mol. The average Bonchev–Trinajstić information content (AvgIpc) is 2.40. The number of halogens is 2. The number of benzene rings is 2. The molecule has 0 bridgehead atoms. The molecule has 2 rings (SSSR count). The maximum Gasteiger partial charge on any atom is 0.131 e. The van der Waals surface area contributed by atoms with Crippen molar-refractivity contribution < 1.29 is 9.50 Å². The van der Waals surface area contributed by atoms with Gasteiger partial charge in [0.2, 0.25) is 0 Å². The van der Waals surface area contributed by atoms with E-state index >= 15 is 0 Å². The third kappa shape index (κ3) is 3.11. The van der Waals surface area contributed by atoms with E-state index < -0.39 is 11.9 Å². The molecule has 0 aliphatic heterocycles. The third-order valence-corrected chi connectivity index (χ3v) is 3.59. The topological polar surface area (TPSA) is 23.5 Å². The summed E-state index contributed by atoms with van der Waals surface area (Å²) in [6.07, 6.45) is -0.861. The second kappa shape index (κ2) is 6.25. The Balaban J connectivity index is 2.33. The van der Waals surface area contributed by atoms with E-state index in [0.29, 0.717) is 22.8 Å². The number of hydrogen-bond donors (Lipinski definition) is 1. The largest absolute Gasteiger partial charge is 0.389 e. The molecule has 2 aromatic carbocycles. The normalized spacial score (nSPS) is 12.2. The monoisotopic (exact) mass is 293 g/mol. The molecule has 2 aromatic rings. The Labute approximate surface area is 123 Å². The Bertz CT molecular complexity index is 601. The molecule has 0 aliphatic carbocycles. The molecule has 0 saturated carbocycles. The fourth-order valence-electron chi connectivity index (χ4n) is 2.24. The maximum absolute atomic E-state index is 13.9. The lowest BCUT2D eigenvalue weighted by Gasteiger charge is -2.24. The smallest absolute Gasteiger partial charge is 0.131 e. The molecule has 0 radical (unpaired) electrons. The van der Waals surface area contributed by atoms with Gasteiger partial charge in [0, 0.05) is 29.9 Å². The van der Waals surface area contributed by atoms with Gasteiger partial charge in [-0.3, -0.25) is 0 Å². The van der Waals surface area contributed by atoms with Gasteiger partial charge in [-0.25, -0.2) is 4.39 Å². The molecule has 0 fully saturated rings. The zero-order chi connectivity index (χ0) is 14.7. The van der Waals surface area contributed by atoms with E-state index in [-0.39, 0.29) is 0 Å². The molecule has 20 heavy (non-hydrogen) atoms. The van der Waals surface area contributed by atoms with Crippen molar-refractivity contribution in [2.75, 3.05) is 11.9 Å². The highest BCUT2D eigenvalue weighted by molar-refractivity contribution is 6.31. The summed E-state index contributed by atoms with van der Waals surface area (Å²) in [5, 5.41) is 10.4. The lowest BCUT2D eigenvalue weighted by atomic mass is 10.1. The third-order valence-electron chi connectivity index (χ3n) is 3.22. The van der Waals surface area contributed by atoms with E-state index in [2.05, 4.69) is 0 Å². The average molecular weight is 294 g/mol. The summed E-state index contributed by atoms with van der Waals surface area (Å²) in [6, 6.07) is 12.3. The molecular formula is C16H17ClFNO. The number of nitrogens with zero attached hydrogens (tertiary/aromatic N) is 1. The van der Waals surface area contributed by atoms with Crippen LogP contribution in [-0.2, 0) is 6.54 Å². The van der Waals surface area contributed by atoms with Gasteiger partial charge in [-0.15, -0.1) is 0 Å². The molecule has 106 valence electrons. The molecule has 0 unspecified atom stereocenters. The van der Waals surface area contributed by atoms with E-state index in [1.165, 1.54) is 6.07 Å². The minimum atomic E-state index is -0.861. The molecule has 2 nitrogen and oxygen atoms in total. The number of aliphatic hydroxyl groups excluding tert-OH is 1. The summed E-state index contributed by atoms with van der Waals surface area (Å²) < 4.78 is 13.9. The van der Waals surface area contributed by atoms with Gasteiger partial charge in [-0.2, -0.15) is 0 Å². The van der Waals surface area contributed by atoms with Gasteiger partial charge in [-0.05, 0) is 30.7 Å². The van der Waals surface area contributed by atoms with Crippen molar-refractivity contribution in [3.8, 4) is 0 Å². The summed E-state index contributed by atoms with van der Waals surface area (Å²) >= 11 is 6.14. The van der Waals surface area contributed by atoms with Crippen LogP contribution in [0.15, 0.2) is 42.5 Å². The summed E-state index contributed by atoms with van der Waals surface area (Å²) in [6.45, 7) is 2.11. The highest BCUT2D eigenvalue weighted by Gasteiger charge is 2.16. The van der Waals surface area contributed by atoms with Crippen molar-refractivity contribution in [2.24, 2.45) is 0 Å². The first-order valence-corrected chi connectivity index (χ1v) is 6.79. The Morgan fingerprint density at radius 3 is 2.55 bits per heavy atom. The van der Waals surface area contributed by atoms with Crippen LogP contribution < -0.4 is 4.90 Å². The second-order valence-corrected chi connectivity index (χ2v) is 5.20. The number of aliphatic hydroxyl groups is 1. The molecule has 1 N–H and O–H groups in total. The van der Waals surface area contributed by atoms with Crippen LogP contribution in [0.5, 0.6) is 0 Å². The zero-order valence-electron chi connectivity index (χ0n) is 11.5. The molecule has 0 heterocycles. The van der Waals surface area contributed by atoms with Crippen LogP contribution in [0.4, 0.5) is 10.1 Å². The first kappa shape index (κ1) is 14.8. The van der Waals surface area contributed by atoms with E-state index in [0.717, 1.165) is 5.56 Å². The summed E-state index contributed by atoms with van der Waals surface area (Å²) in [5.74, 6) is -0.400. The SMILES string of the molecule is C[C@@H](O)c1c(F)cccc1N(C)Cc1ccccc1Cl. The molecule has 0 amide bonds. The van der Waals surface area contributed by atoms with Crippen LogP contribution in [0.2, 0.25) is 5.02 Å². The highest BCUT2D eigenvalue weighted by atomic mass is 35.5. The van der Waals surface area contributed by atoms with E-state index in [1.54, 1.807) is 19.1 Å². The summed E-state index contributed by atoms with van der Waals surface area (Å²) in [5.41, 5.74) is 1.93. The number of rotatable bonds is 4. The molecule has 0 aromatic heterocycles. The fraction of sp³-hybridized carbons (Fsp3) is 0.250. The van der Waals surface area contributed by atoms with Gasteiger partial charge in [0.15, 0.2) is 0 Å². The number of anilines is 1. The Hall–Kier alpha value is -1.58. The standard InChI is InChI=1S/C16H17ClFNO/c1-11(20)16-14(18)8-5-9-15(16)19(2)10-12-6-3-4-7-13(12)17/h3-9,11,20H,10H2,1-2H3/t11-/m1/s1. The van der Waals surface area contributed by atoms with Crippen LogP contribution in [-0.4, -0.2) is 12.2 Å². The lowest BCUT2D eigenvalue weighted by Crippen LogP contribution is -2.19. The van der Waals surface area contributed by atoms with Crippen molar-refractivity contribution in [1.82, 2.24) is 0 Å². The van der Waals surface area contributed by atoms with Crippen molar-refractivity contribution >= 4 is 17.3 Å². The van der Waals surface area contributed by atoms with Crippen molar-refractivity contribution in [1.29, 1.82) is 0 Å². The molecule has 0 spiro atoms. The van der Waals surface area contributed by atoms with Gasteiger partial charge in [0.1, 0.15) is 5.82 Å². The molecule has 0 saturated heterocycles. The highest BCUT2D eigenvalue weighted by Crippen LogP contribution is 2.29. The first-order chi connectivity index (χ1) is 9.50. The first-order valence-electron chi connectivity index (χ1n) is 6.41. The molecule has 0 aliphatic rings. The number of hydrogen-bond acceptors (Lipinski definition) is 2. The lowest BCUT2D eigenvalue weighted by molar-refractivity contribution is 0.194. The summed E-state index contributed by atoms with van der Waals surface area (Å²) in [7, 11) is 1.85. The van der Waals surface area contributed by atoms with Crippen LogP contribution in [0, 0.1) is 5.82 Å². The minimum Gasteiger partial charge on any atom is -0.389 e.